The van der Waals surface area contributed by atoms with E-state index in [1.807, 2.05) is 0 Å². The van der Waals surface area contributed by atoms with Gasteiger partial charge in [-0.25, -0.2) is 0 Å². The van der Waals surface area contributed by atoms with Crippen LogP contribution in [-0.2, 0) is 0 Å². The van der Waals surface area contributed by atoms with Crippen molar-refractivity contribution in [2.75, 3.05) is 0 Å². The first-order chi connectivity index (χ1) is 5.29. The largest absolute Gasteiger partial charge is 0.327 e. The van der Waals surface area contributed by atoms with Crippen molar-refractivity contribution in [1.82, 2.24) is 0 Å². The van der Waals surface area contributed by atoms with Gasteiger partial charge < -0.3 is 5.73 Å². The maximum absolute atomic E-state index is 5.77. The van der Waals surface area contributed by atoms with Gasteiger partial charge in [0.2, 0.25) is 0 Å². The summed E-state index contributed by atoms with van der Waals surface area (Å²) in [6.07, 6.45) is 1.17. The summed E-state index contributed by atoms with van der Waals surface area (Å²) in [5.41, 5.74) is 8.59. The van der Waals surface area contributed by atoms with Gasteiger partial charge in [0.15, 0.2) is 0 Å². The Bertz CT molecular complexity index is 272. The van der Waals surface area contributed by atoms with Crippen LogP contribution in [0.5, 0.6) is 0 Å². The lowest BCUT2D eigenvalue weighted by atomic mass is 10.0. The zero-order valence-corrected chi connectivity index (χ0v) is 7.97. The maximum atomic E-state index is 5.77. The SMILES string of the molecule is Cc1ccccc1C1CC1N.Cl. The van der Waals surface area contributed by atoms with E-state index in [-0.39, 0.29) is 12.4 Å². The van der Waals surface area contributed by atoms with E-state index in [2.05, 4.69) is 31.2 Å². The third-order valence-corrected chi connectivity index (χ3v) is 2.43. The molecule has 1 aromatic carbocycles. The molecule has 0 radical (unpaired) electrons. The average molecular weight is 184 g/mol. The molecule has 0 spiro atoms. The summed E-state index contributed by atoms with van der Waals surface area (Å²) >= 11 is 0. The number of nitrogens with two attached hydrogens (primary N) is 1. The van der Waals surface area contributed by atoms with E-state index >= 15 is 0 Å². The highest BCUT2D eigenvalue weighted by atomic mass is 35.5. The van der Waals surface area contributed by atoms with Crippen LogP contribution in [0.2, 0.25) is 0 Å². The lowest BCUT2D eigenvalue weighted by molar-refractivity contribution is 0.980. The molecular weight excluding hydrogens is 170 g/mol. The van der Waals surface area contributed by atoms with Crippen molar-refractivity contribution in [1.29, 1.82) is 0 Å². The number of hydrogen-bond acceptors (Lipinski definition) is 1. The molecule has 1 aliphatic rings. The Balaban J connectivity index is 0.000000720. The molecule has 66 valence electrons. The maximum Gasteiger partial charge on any atom is 0.0115 e. The molecule has 1 aliphatic carbocycles. The lowest BCUT2D eigenvalue weighted by Crippen LogP contribution is -2.01. The second kappa shape index (κ2) is 3.46. The van der Waals surface area contributed by atoms with Crippen LogP contribution in [0.25, 0.3) is 0 Å². The topological polar surface area (TPSA) is 26.0 Å². The summed E-state index contributed by atoms with van der Waals surface area (Å²) in [6, 6.07) is 8.93. The normalized spacial score (nSPS) is 26.2. The molecule has 0 bridgehead atoms. The Hall–Kier alpha value is -0.530. The van der Waals surface area contributed by atoms with E-state index in [0.29, 0.717) is 12.0 Å². The molecule has 0 aromatic heterocycles. The van der Waals surface area contributed by atoms with Crippen LogP contribution in [0.15, 0.2) is 24.3 Å². The average Bonchev–Trinajstić information content (AvgIpc) is 2.68. The van der Waals surface area contributed by atoms with Gasteiger partial charge >= 0.3 is 0 Å². The van der Waals surface area contributed by atoms with Crippen molar-refractivity contribution >= 4 is 12.4 Å². The molecule has 1 saturated carbocycles. The number of halogens is 1. The molecule has 1 aromatic rings. The van der Waals surface area contributed by atoms with Gasteiger partial charge in [-0.05, 0) is 24.5 Å². The van der Waals surface area contributed by atoms with Gasteiger partial charge in [0.25, 0.3) is 0 Å². The van der Waals surface area contributed by atoms with Crippen molar-refractivity contribution in [2.45, 2.75) is 25.3 Å². The summed E-state index contributed by atoms with van der Waals surface area (Å²) in [5.74, 6) is 0.649. The molecule has 2 N–H and O–H groups in total. The summed E-state index contributed by atoms with van der Waals surface area (Å²) < 4.78 is 0. The number of hydrogen-bond donors (Lipinski definition) is 1. The van der Waals surface area contributed by atoms with E-state index in [1.165, 1.54) is 17.5 Å². The minimum Gasteiger partial charge on any atom is -0.327 e. The number of benzene rings is 1. The monoisotopic (exact) mass is 183 g/mol. The zero-order valence-electron chi connectivity index (χ0n) is 7.16. The molecule has 2 atom stereocenters. The van der Waals surface area contributed by atoms with Gasteiger partial charge in [-0.2, -0.15) is 0 Å². The van der Waals surface area contributed by atoms with E-state index in [4.69, 9.17) is 5.73 Å². The van der Waals surface area contributed by atoms with E-state index in [1.54, 1.807) is 0 Å². The summed E-state index contributed by atoms with van der Waals surface area (Å²) in [7, 11) is 0. The van der Waals surface area contributed by atoms with Gasteiger partial charge in [-0.1, -0.05) is 24.3 Å². The molecular formula is C10H14ClN. The lowest BCUT2D eigenvalue weighted by Gasteiger charge is -2.01. The summed E-state index contributed by atoms with van der Waals surface area (Å²) in [4.78, 5) is 0. The van der Waals surface area contributed by atoms with Crippen LogP contribution in [0.1, 0.15) is 23.5 Å². The zero-order chi connectivity index (χ0) is 7.84. The van der Waals surface area contributed by atoms with Crippen LogP contribution in [0, 0.1) is 6.92 Å². The van der Waals surface area contributed by atoms with Crippen molar-refractivity contribution in [3.05, 3.63) is 35.4 Å². The standard InChI is InChI=1S/C10H13N.ClH/c1-7-4-2-3-5-8(7)9-6-10(9)11;/h2-5,9-10H,6,11H2,1H3;1H. The van der Waals surface area contributed by atoms with Crippen LogP contribution in [-0.4, -0.2) is 6.04 Å². The van der Waals surface area contributed by atoms with E-state index in [0.717, 1.165) is 0 Å². The van der Waals surface area contributed by atoms with Gasteiger partial charge in [-0.15, -0.1) is 12.4 Å². The Morgan fingerprint density at radius 3 is 2.42 bits per heavy atom. The number of rotatable bonds is 1. The smallest absolute Gasteiger partial charge is 0.0115 e. The fourth-order valence-electron chi connectivity index (χ4n) is 1.58. The van der Waals surface area contributed by atoms with Gasteiger partial charge in [0, 0.05) is 12.0 Å². The van der Waals surface area contributed by atoms with Crippen LogP contribution >= 0.6 is 12.4 Å². The molecule has 1 nitrogen and oxygen atoms in total. The van der Waals surface area contributed by atoms with Gasteiger partial charge in [0.1, 0.15) is 0 Å². The van der Waals surface area contributed by atoms with Crippen LogP contribution in [0.4, 0.5) is 0 Å². The van der Waals surface area contributed by atoms with Gasteiger partial charge in [-0.3, -0.25) is 0 Å². The molecule has 0 heterocycles. The molecule has 2 unspecified atom stereocenters. The Labute approximate surface area is 79.4 Å². The van der Waals surface area contributed by atoms with Crippen LogP contribution in [0.3, 0.4) is 0 Å². The molecule has 1 fully saturated rings. The van der Waals surface area contributed by atoms with Crippen LogP contribution < -0.4 is 5.73 Å². The Morgan fingerprint density at radius 2 is 1.92 bits per heavy atom. The first kappa shape index (κ1) is 9.56. The molecule has 2 rings (SSSR count). The number of aryl methyl sites for hydroxylation is 1. The van der Waals surface area contributed by atoms with Crippen molar-refractivity contribution < 1.29 is 0 Å². The molecule has 0 saturated heterocycles. The fraction of sp³-hybridized carbons (Fsp3) is 0.400. The van der Waals surface area contributed by atoms with E-state index in [9.17, 15) is 0 Å². The Morgan fingerprint density at radius 1 is 1.33 bits per heavy atom. The van der Waals surface area contributed by atoms with E-state index < -0.39 is 0 Å². The first-order valence-electron chi connectivity index (χ1n) is 4.10. The van der Waals surface area contributed by atoms with Crippen molar-refractivity contribution in [3.8, 4) is 0 Å². The predicted molar refractivity (Wildman–Crippen MR) is 53.8 cm³/mol. The third-order valence-electron chi connectivity index (χ3n) is 2.43. The quantitative estimate of drug-likeness (QED) is 0.710. The fourth-order valence-corrected chi connectivity index (χ4v) is 1.58. The predicted octanol–water partition coefficient (Wildman–Crippen LogP) is 2.23. The third kappa shape index (κ3) is 1.62. The first-order valence-corrected chi connectivity index (χ1v) is 4.10. The van der Waals surface area contributed by atoms with Crippen molar-refractivity contribution in [3.63, 3.8) is 0 Å². The highest BCUT2D eigenvalue weighted by Gasteiger charge is 2.35. The summed E-state index contributed by atoms with van der Waals surface area (Å²) in [5, 5.41) is 0. The second-order valence-electron chi connectivity index (χ2n) is 3.36. The molecule has 2 heteroatoms. The van der Waals surface area contributed by atoms with Crippen molar-refractivity contribution in [2.24, 2.45) is 5.73 Å². The molecule has 0 aliphatic heterocycles. The second-order valence-corrected chi connectivity index (χ2v) is 3.36. The highest BCUT2D eigenvalue weighted by Crippen LogP contribution is 2.40. The summed E-state index contributed by atoms with van der Waals surface area (Å²) in [6.45, 7) is 2.15. The molecule has 12 heavy (non-hydrogen) atoms. The Kier molecular flexibility index (Phi) is 2.76. The molecule has 0 amide bonds. The minimum atomic E-state index is 0. The minimum absolute atomic E-state index is 0. The highest BCUT2D eigenvalue weighted by molar-refractivity contribution is 5.85. The van der Waals surface area contributed by atoms with Gasteiger partial charge in [0.05, 0.1) is 0 Å².